The number of rotatable bonds is 6. The summed E-state index contributed by atoms with van der Waals surface area (Å²) in [5.74, 6) is 0. The zero-order chi connectivity index (χ0) is 15.3. The molecule has 0 heterocycles. The number of benzene rings is 1. The van der Waals surface area contributed by atoms with Crippen LogP contribution in [0.2, 0.25) is 0 Å². The van der Waals surface area contributed by atoms with E-state index >= 15 is 0 Å². The Morgan fingerprint density at radius 1 is 1.40 bits per heavy atom. The lowest BCUT2D eigenvalue weighted by Crippen LogP contribution is -2.34. The average Bonchev–Trinajstić information content (AvgIpc) is 2.26. The van der Waals surface area contributed by atoms with E-state index in [9.17, 15) is 23.3 Å². The van der Waals surface area contributed by atoms with Crippen molar-refractivity contribution in [3.05, 3.63) is 33.9 Å². The van der Waals surface area contributed by atoms with E-state index < -0.39 is 17.6 Å². The Bertz CT molecular complexity index is 478. The summed E-state index contributed by atoms with van der Waals surface area (Å²) in [4.78, 5) is 11.2. The lowest BCUT2D eigenvalue weighted by Gasteiger charge is -2.23. The summed E-state index contributed by atoms with van der Waals surface area (Å²) in [5, 5.41) is 10.6. The maximum absolute atomic E-state index is 12.4. The number of hydrogen-bond donors (Lipinski definition) is 1. The number of halogens is 3. The topological polar surface area (TPSA) is 72.4 Å². The average molecular weight is 291 g/mol. The summed E-state index contributed by atoms with van der Waals surface area (Å²) >= 11 is 0. The quantitative estimate of drug-likeness (QED) is 0.497. The van der Waals surface area contributed by atoms with Crippen molar-refractivity contribution in [3.63, 3.8) is 0 Å². The molecule has 0 saturated heterocycles. The molecule has 2 N–H and O–H groups in total. The molecule has 0 aliphatic rings. The van der Waals surface area contributed by atoms with Crippen LogP contribution in [0.5, 0.6) is 0 Å². The molecular weight excluding hydrogens is 275 g/mol. The van der Waals surface area contributed by atoms with Crippen molar-refractivity contribution in [2.24, 2.45) is 0 Å². The number of hydrogen-bond acceptors (Lipinski definition) is 4. The number of nitrogens with zero attached hydrogens (tertiary/aromatic N) is 2. The molecule has 1 rings (SSSR count). The van der Waals surface area contributed by atoms with E-state index in [1.807, 2.05) is 0 Å². The van der Waals surface area contributed by atoms with Gasteiger partial charge in [0.25, 0.3) is 5.69 Å². The maximum Gasteiger partial charge on any atom is 0.401 e. The van der Waals surface area contributed by atoms with Gasteiger partial charge in [0, 0.05) is 12.6 Å². The van der Waals surface area contributed by atoms with Gasteiger partial charge in [0.05, 0.1) is 11.5 Å². The van der Waals surface area contributed by atoms with E-state index in [0.717, 1.165) is 0 Å². The van der Waals surface area contributed by atoms with Crippen molar-refractivity contribution in [2.45, 2.75) is 26.1 Å². The smallest absolute Gasteiger partial charge is 0.393 e. The Morgan fingerprint density at radius 3 is 2.50 bits per heavy atom. The second-order valence-electron chi connectivity index (χ2n) is 4.48. The highest BCUT2D eigenvalue weighted by molar-refractivity contribution is 5.59. The fourth-order valence-corrected chi connectivity index (χ4v) is 1.91. The van der Waals surface area contributed by atoms with Crippen LogP contribution in [0.4, 0.5) is 24.5 Å². The van der Waals surface area contributed by atoms with Gasteiger partial charge in [-0.2, -0.15) is 13.2 Å². The molecule has 5 nitrogen and oxygen atoms in total. The van der Waals surface area contributed by atoms with Crippen LogP contribution >= 0.6 is 0 Å². The summed E-state index contributed by atoms with van der Waals surface area (Å²) in [5.41, 5.74) is 5.75. The largest absolute Gasteiger partial charge is 0.401 e. The molecule has 0 aromatic heterocycles. The zero-order valence-corrected chi connectivity index (χ0v) is 11.0. The predicted octanol–water partition coefficient (Wildman–Crippen LogP) is 2.95. The second-order valence-corrected chi connectivity index (χ2v) is 4.48. The van der Waals surface area contributed by atoms with Crippen LogP contribution in [-0.4, -0.2) is 29.1 Å². The van der Waals surface area contributed by atoms with Gasteiger partial charge in [0.1, 0.15) is 5.69 Å². The lowest BCUT2D eigenvalue weighted by atomic mass is 10.1. The Balaban J connectivity index is 2.83. The monoisotopic (exact) mass is 291 g/mol. The first-order valence-electron chi connectivity index (χ1n) is 6.05. The van der Waals surface area contributed by atoms with E-state index in [2.05, 4.69) is 0 Å². The van der Waals surface area contributed by atoms with Crippen LogP contribution in [0.1, 0.15) is 18.9 Å². The van der Waals surface area contributed by atoms with Gasteiger partial charge in [-0.05, 0) is 24.6 Å². The van der Waals surface area contributed by atoms with Gasteiger partial charge in [-0.15, -0.1) is 0 Å². The third-order valence-electron chi connectivity index (χ3n) is 2.64. The van der Waals surface area contributed by atoms with Crippen LogP contribution in [0.25, 0.3) is 0 Å². The Kier molecular flexibility index (Phi) is 5.32. The number of nitrogen functional groups attached to an aromatic ring is 1. The summed E-state index contributed by atoms with van der Waals surface area (Å²) in [7, 11) is 0. The highest BCUT2D eigenvalue weighted by Gasteiger charge is 2.30. The third kappa shape index (κ3) is 5.04. The first kappa shape index (κ1) is 16.2. The number of nitrogens with two attached hydrogens (primary N) is 1. The van der Waals surface area contributed by atoms with Crippen molar-refractivity contribution < 1.29 is 18.1 Å². The van der Waals surface area contributed by atoms with E-state index in [-0.39, 0.29) is 24.5 Å². The molecule has 112 valence electrons. The first-order chi connectivity index (χ1) is 9.23. The Hall–Kier alpha value is -1.83. The van der Waals surface area contributed by atoms with Gasteiger partial charge < -0.3 is 5.73 Å². The number of nitro benzene ring substituents is 1. The van der Waals surface area contributed by atoms with E-state index in [0.29, 0.717) is 12.0 Å². The Labute approximate surface area is 114 Å². The minimum atomic E-state index is -4.28. The molecule has 0 spiro atoms. The van der Waals surface area contributed by atoms with Crippen molar-refractivity contribution >= 4 is 11.4 Å². The van der Waals surface area contributed by atoms with Crippen molar-refractivity contribution in [1.29, 1.82) is 0 Å². The number of anilines is 1. The van der Waals surface area contributed by atoms with E-state index in [4.69, 9.17) is 5.73 Å². The van der Waals surface area contributed by atoms with Crippen molar-refractivity contribution in [3.8, 4) is 0 Å². The molecule has 0 unspecified atom stereocenters. The molecule has 0 atom stereocenters. The van der Waals surface area contributed by atoms with Gasteiger partial charge in [-0.3, -0.25) is 15.0 Å². The first-order valence-corrected chi connectivity index (χ1v) is 6.05. The SMILES string of the molecule is CCCN(Cc1ccc([N+](=O)[O-])c(N)c1)CC(F)(F)F. The van der Waals surface area contributed by atoms with Crippen LogP contribution < -0.4 is 5.73 Å². The molecule has 0 radical (unpaired) electrons. The van der Waals surface area contributed by atoms with Gasteiger partial charge in [-0.25, -0.2) is 0 Å². The van der Waals surface area contributed by atoms with Crippen LogP contribution in [0, 0.1) is 10.1 Å². The van der Waals surface area contributed by atoms with Gasteiger partial charge >= 0.3 is 6.18 Å². The molecule has 1 aromatic rings. The van der Waals surface area contributed by atoms with Gasteiger partial charge in [0.15, 0.2) is 0 Å². The van der Waals surface area contributed by atoms with Gasteiger partial charge in [0.2, 0.25) is 0 Å². The van der Waals surface area contributed by atoms with Crippen LogP contribution in [-0.2, 0) is 6.54 Å². The molecule has 8 heteroatoms. The molecule has 1 aromatic carbocycles. The summed E-state index contributed by atoms with van der Waals surface area (Å²) < 4.78 is 37.3. The maximum atomic E-state index is 12.4. The summed E-state index contributed by atoms with van der Waals surface area (Å²) in [6, 6.07) is 3.98. The van der Waals surface area contributed by atoms with Crippen LogP contribution in [0.15, 0.2) is 18.2 Å². The second kappa shape index (κ2) is 6.56. The number of nitro groups is 1. The molecule has 0 aliphatic carbocycles. The lowest BCUT2D eigenvalue weighted by molar-refractivity contribution is -0.383. The molecule has 20 heavy (non-hydrogen) atoms. The third-order valence-corrected chi connectivity index (χ3v) is 2.64. The highest BCUT2D eigenvalue weighted by atomic mass is 19.4. The predicted molar refractivity (Wildman–Crippen MR) is 69.1 cm³/mol. The fraction of sp³-hybridized carbons (Fsp3) is 0.500. The van der Waals surface area contributed by atoms with Crippen molar-refractivity contribution in [2.75, 3.05) is 18.8 Å². The normalized spacial score (nSPS) is 11.8. The summed E-state index contributed by atoms with van der Waals surface area (Å²) in [6.07, 6.45) is -3.69. The molecule has 0 saturated carbocycles. The molecule has 0 amide bonds. The highest BCUT2D eigenvalue weighted by Crippen LogP contribution is 2.24. The Morgan fingerprint density at radius 2 is 2.05 bits per heavy atom. The fourth-order valence-electron chi connectivity index (χ4n) is 1.91. The van der Waals surface area contributed by atoms with Gasteiger partial charge in [-0.1, -0.05) is 13.0 Å². The molecule has 0 fully saturated rings. The molecular formula is C12H16F3N3O2. The summed E-state index contributed by atoms with van der Waals surface area (Å²) in [6.45, 7) is 1.11. The number of alkyl halides is 3. The standard InChI is InChI=1S/C12H16F3N3O2/c1-2-5-17(8-12(13,14)15)7-9-3-4-11(18(19)20)10(16)6-9/h3-4,6H,2,5,7-8,16H2,1H3. The minimum absolute atomic E-state index is 0.0454. The minimum Gasteiger partial charge on any atom is -0.393 e. The van der Waals surface area contributed by atoms with Crippen LogP contribution in [0.3, 0.4) is 0 Å². The van der Waals surface area contributed by atoms with E-state index in [1.165, 1.54) is 23.1 Å². The van der Waals surface area contributed by atoms with Crippen molar-refractivity contribution in [1.82, 2.24) is 4.90 Å². The molecule has 0 bridgehead atoms. The van der Waals surface area contributed by atoms with E-state index in [1.54, 1.807) is 6.92 Å². The zero-order valence-electron chi connectivity index (χ0n) is 11.0. The molecule has 0 aliphatic heterocycles.